The molecular weight excluding hydrogens is 294 g/mol. The summed E-state index contributed by atoms with van der Waals surface area (Å²) in [6.45, 7) is 2.57. The fourth-order valence-electron chi connectivity index (χ4n) is 2.55. The van der Waals surface area contributed by atoms with Crippen LogP contribution in [0.3, 0.4) is 0 Å². The molecule has 23 heavy (non-hydrogen) atoms. The van der Waals surface area contributed by atoms with Crippen LogP contribution < -0.4 is 5.32 Å². The van der Waals surface area contributed by atoms with Crippen LogP contribution in [0.25, 0.3) is 0 Å². The van der Waals surface area contributed by atoms with E-state index < -0.39 is 0 Å². The Labute approximate surface area is 134 Å². The first-order valence-corrected chi connectivity index (χ1v) is 7.63. The molecule has 1 fully saturated rings. The summed E-state index contributed by atoms with van der Waals surface area (Å²) >= 11 is 0. The number of nitrogens with one attached hydrogen (secondary N) is 1. The third-order valence-electron chi connectivity index (χ3n) is 3.87. The molecule has 1 aromatic heterocycles. The molecule has 6 heteroatoms. The lowest BCUT2D eigenvalue weighted by Gasteiger charge is -2.34. The third-order valence-corrected chi connectivity index (χ3v) is 3.87. The molecule has 1 aliphatic rings. The third kappa shape index (κ3) is 3.71. The van der Waals surface area contributed by atoms with Crippen molar-refractivity contribution in [2.24, 2.45) is 0 Å². The van der Waals surface area contributed by atoms with Gasteiger partial charge in [0.25, 0.3) is 5.91 Å². The Kier molecular flexibility index (Phi) is 4.61. The zero-order valence-electron chi connectivity index (χ0n) is 12.8. The molecule has 3 rings (SSSR count). The smallest absolute Gasteiger partial charge is 0.317 e. The minimum absolute atomic E-state index is 0.0982. The van der Waals surface area contributed by atoms with E-state index in [1.807, 2.05) is 30.3 Å². The summed E-state index contributed by atoms with van der Waals surface area (Å²) in [5, 5.41) is 2.91. The van der Waals surface area contributed by atoms with Crippen LogP contribution >= 0.6 is 0 Å². The molecule has 0 unspecified atom stereocenters. The van der Waals surface area contributed by atoms with E-state index in [-0.39, 0.29) is 11.9 Å². The molecular formula is C17H19N3O3. The second-order valence-corrected chi connectivity index (χ2v) is 5.40. The van der Waals surface area contributed by atoms with Crippen LogP contribution in [0.5, 0.6) is 0 Å². The Morgan fingerprint density at radius 1 is 0.957 bits per heavy atom. The highest BCUT2D eigenvalue weighted by Crippen LogP contribution is 2.09. The summed E-state index contributed by atoms with van der Waals surface area (Å²) in [4.78, 5) is 27.8. The van der Waals surface area contributed by atoms with E-state index >= 15 is 0 Å². The van der Waals surface area contributed by atoms with Gasteiger partial charge in [0, 0.05) is 32.7 Å². The van der Waals surface area contributed by atoms with Gasteiger partial charge in [0.05, 0.1) is 6.26 Å². The predicted molar refractivity (Wildman–Crippen MR) is 84.9 cm³/mol. The molecule has 2 heterocycles. The van der Waals surface area contributed by atoms with Gasteiger partial charge < -0.3 is 19.5 Å². The second-order valence-electron chi connectivity index (χ2n) is 5.40. The maximum atomic E-state index is 12.2. The van der Waals surface area contributed by atoms with Crippen molar-refractivity contribution in [1.82, 2.24) is 15.1 Å². The van der Waals surface area contributed by atoms with Gasteiger partial charge in [-0.25, -0.2) is 4.79 Å². The highest BCUT2D eigenvalue weighted by atomic mass is 16.3. The Bertz CT molecular complexity index is 647. The lowest BCUT2D eigenvalue weighted by molar-refractivity contribution is 0.0634. The monoisotopic (exact) mass is 313 g/mol. The summed E-state index contributed by atoms with van der Waals surface area (Å²) in [7, 11) is 0. The van der Waals surface area contributed by atoms with E-state index in [0.717, 1.165) is 5.56 Å². The van der Waals surface area contributed by atoms with E-state index in [4.69, 9.17) is 4.42 Å². The summed E-state index contributed by atoms with van der Waals surface area (Å²) < 4.78 is 5.13. The van der Waals surface area contributed by atoms with Gasteiger partial charge in [0.15, 0.2) is 5.76 Å². The van der Waals surface area contributed by atoms with Crippen LogP contribution in [0.1, 0.15) is 16.1 Å². The van der Waals surface area contributed by atoms with Gasteiger partial charge in [0.1, 0.15) is 0 Å². The zero-order valence-corrected chi connectivity index (χ0v) is 12.8. The Balaban J connectivity index is 1.47. The summed E-state index contributed by atoms with van der Waals surface area (Å²) in [6, 6.07) is 13.0. The van der Waals surface area contributed by atoms with Gasteiger partial charge in [-0.3, -0.25) is 4.79 Å². The predicted octanol–water partition coefficient (Wildman–Crippen LogP) is 1.95. The van der Waals surface area contributed by atoms with E-state index in [2.05, 4.69) is 5.32 Å². The largest absolute Gasteiger partial charge is 0.459 e. The van der Waals surface area contributed by atoms with E-state index in [9.17, 15) is 9.59 Å². The first-order chi connectivity index (χ1) is 11.2. The maximum Gasteiger partial charge on any atom is 0.317 e. The minimum Gasteiger partial charge on any atom is -0.459 e. The topological polar surface area (TPSA) is 65.8 Å². The molecule has 0 spiro atoms. The Morgan fingerprint density at radius 2 is 1.65 bits per heavy atom. The molecule has 0 saturated carbocycles. The lowest BCUT2D eigenvalue weighted by atomic mass is 10.2. The van der Waals surface area contributed by atoms with Gasteiger partial charge in [0.2, 0.25) is 0 Å². The van der Waals surface area contributed by atoms with E-state index in [0.29, 0.717) is 38.5 Å². The highest BCUT2D eigenvalue weighted by Gasteiger charge is 2.25. The number of carbonyl (C=O) groups is 2. The van der Waals surface area contributed by atoms with Crippen molar-refractivity contribution >= 4 is 11.9 Å². The average Bonchev–Trinajstić information content (AvgIpc) is 3.15. The molecule has 1 N–H and O–H groups in total. The van der Waals surface area contributed by atoms with Crippen LogP contribution in [0.4, 0.5) is 4.79 Å². The number of nitrogens with zero attached hydrogens (tertiary/aromatic N) is 2. The number of hydrogen-bond donors (Lipinski definition) is 1. The molecule has 120 valence electrons. The van der Waals surface area contributed by atoms with Crippen molar-refractivity contribution in [1.29, 1.82) is 0 Å². The molecule has 3 amide bonds. The van der Waals surface area contributed by atoms with E-state index in [1.165, 1.54) is 6.26 Å². The average molecular weight is 313 g/mol. The van der Waals surface area contributed by atoms with E-state index in [1.54, 1.807) is 21.9 Å². The van der Waals surface area contributed by atoms with Gasteiger partial charge in [-0.15, -0.1) is 0 Å². The second kappa shape index (κ2) is 7.00. The number of amides is 3. The number of piperazine rings is 1. The van der Waals surface area contributed by atoms with Crippen LogP contribution in [0.2, 0.25) is 0 Å². The normalized spacial score (nSPS) is 14.6. The fraction of sp³-hybridized carbons (Fsp3) is 0.294. The quantitative estimate of drug-likeness (QED) is 0.942. The van der Waals surface area contributed by atoms with Gasteiger partial charge >= 0.3 is 6.03 Å². The van der Waals surface area contributed by atoms with Gasteiger partial charge in [-0.1, -0.05) is 30.3 Å². The van der Waals surface area contributed by atoms with Crippen molar-refractivity contribution in [3.63, 3.8) is 0 Å². The van der Waals surface area contributed by atoms with Crippen LogP contribution in [-0.4, -0.2) is 47.9 Å². The van der Waals surface area contributed by atoms with Crippen molar-refractivity contribution in [2.45, 2.75) is 6.54 Å². The molecule has 0 bridgehead atoms. The van der Waals surface area contributed by atoms with Gasteiger partial charge in [-0.2, -0.15) is 0 Å². The number of carbonyl (C=O) groups excluding carboxylic acids is 2. The summed E-state index contributed by atoms with van der Waals surface area (Å²) in [5.41, 5.74) is 1.06. The van der Waals surface area contributed by atoms with Crippen molar-refractivity contribution in [2.75, 3.05) is 26.2 Å². The molecule has 0 aliphatic carbocycles. The maximum absolute atomic E-state index is 12.2. The van der Waals surface area contributed by atoms with Crippen molar-refractivity contribution in [3.05, 3.63) is 60.1 Å². The van der Waals surface area contributed by atoms with Crippen molar-refractivity contribution in [3.8, 4) is 0 Å². The number of furan rings is 1. The zero-order chi connectivity index (χ0) is 16.1. The molecule has 6 nitrogen and oxygen atoms in total. The summed E-state index contributed by atoms with van der Waals surface area (Å²) in [6.07, 6.45) is 1.49. The Hall–Kier alpha value is -2.76. The van der Waals surface area contributed by atoms with Crippen molar-refractivity contribution < 1.29 is 14.0 Å². The lowest BCUT2D eigenvalue weighted by Crippen LogP contribution is -2.53. The van der Waals surface area contributed by atoms with Crippen LogP contribution in [-0.2, 0) is 6.54 Å². The minimum atomic E-state index is -0.126. The highest BCUT2D eigenvalue weighted by molar-refractivity contribution is 5.91. The fourth-order valence-corrected chi connectivity index (χ4v) is 2.55. The van der Waals surface area contributed by atoms with Crippen LogP contribution in [0.15, 0.2) is 53.1 Å². The molecule has 1 aliphatic heterocycles. The standard InChI is InChI=1S/C17H19N3O3/c21-16(15-7-4-12-23-15)19-8-10-20(11-9-19)17(22)18-13-14-5-2-1-3-6-14/h1-7,12H,8-11,13H2,(H,18,22). The number of benzene rings is 1. The number of rotatable bonds is 3. The molecule has 0 radical (unpaired) electrons. The first-order valence-electron chi connectivity index (χ1n) is 7.63. The number of urea groups is 1. The van der Waals surface area contributed by atoms with Crippen LogP contribution in [0, 0.1) is 0 Å². The first kappa shape index (κ1) is 15.1. The number of hydrogen-bond acceptors (Lipinski definition) is 3. The SMILES string of the molecule is O=C(NCc1ccccc1)N1CCN(C(=O)c2ccco2)CC1. The molecule has 2 aromatic rings. The van der Waals surface area contributed by atoms with Gasteiger partial charge in [-0.05, 0) is 17.7 Å². The molecule has 1 aromatic carbocycles. The summed E-state index contributed by atoms with van der Waals surface area (Å²) in [5.74, 6) is 0.214. The Morgan fingerprint density at radius 3 is 2.30 bits per heavy atom. The molecule has 0 atom stereocenters. The molecule has 1 saturated heterocycles.